The van der Waals surface area contributed by atoms with Gasteiger partial charge in [0.05, 0.1) is 13.2 Å². The minimum absolute atomic E-state index is 0.00895. The molecule has 8 nitrogen and oxygen atoms in total. The normalized spacial score (nSPS) is 18.2. The summed E-state index contributed by atoms with van der Waals surface area (Å²) in [5.74, 6) is 1.55. The molecule has 2 aromatic carbocycles. The van der Waals surface area contributed by atoms with Crippen LogP contribution < -0.4 is 14.2 Å². The van der Waals surface area contributed by atoms with Gasteiger partial charge >= 0.3 is 5.97 Å². The van der Waals surface area contributed by atoms with Gasteiger partial charge in [-0.3, -0.25) is 9.59 Å². The molecule has 0 saturated carbocycles. The molecule has 3 rings (SSSR count). The Hall–Kier alpha value is -3.36. The van der Waals surface area contributed by atoms with Crippen LogP contribution in [0, 0.1) is 5.92 Å². The quantitative estimate of drug-likeness (QED) is 0.0455. The molecule has 8 heteroatoms. The minimum atomic E-state index is -0.613. The summed E-state index contributed by atoms with van der Waals surface area (Å²) in [6, 6.07) is 14.3. The third-order valence-electron chi connectivity index (χ3n) is 8.47. The number of hydrogen-bond acceptors (Lipinski definition) is 8. The highest BCUT2D eigenvalue weighted by Crippen LogP contribution is 2.49. The molecular formula is C37H52O8. The van der Waals surface area contributed by atoms with Crippen molar-refractivity contribution in [2.24, 2.45) is 5.92 Å². The van der Waals surface area contributed by atoms with E-state index in [0.717, 1.165) is 67.8 Å². The molecule has 1 heterocycles. The summed E-state index contributed by atoms with van der Waals surface area (Å²) in [6.07, 6.45) is 12.1. The van der Waals surface area contributed by atoms with Gasteiger partial charge in [-0.1, -0.05) is 63.5 Å². The van der Waals surface area contributed by atoms with Crippen molar-refractivity contribution in [3.8, 4) is 17.2 Å². The average Bonchev–Trinajstić information content (AvgIpc) is 3.04. The molecule has 0 aliphatic carbocycles. The van der Waals surface area contributed by atoms with Gasteiger partial charge in [0.15, 0.2) is 13.6 Å². The maximum atomic E-state index is 12.4. The lowest BCUT2D eigenvalue weighted by Crippen LogP contribution is -2.40. The molecule has 0 fully saturated rings. The fourth-order valence-electron chi connectivity index (χ4n) is 5.93. The van der Waals surface area contributed by atoms with E-state index in [9.17, 15) is 9.59 Å². The Labute approximate surface area is 269 Å². The van der Waals surface area contributed by atoms with Crippen LogP contribution in [0.1, 0.15) is 95.6 Å². The predicted molar refractivity (Wildman–Crippen MR) is 175 cm³/mol. The number of methoxy groups -OCH3 is 2. The van der Waals surface area contributed by atoms with E-state index in [0.29, 0.717) is 26.1 Å². The first-order chi connectivity index (χ1) is 21.9. The number of rotatable bonds is 21. The van der Waals surface area contributed by atoms with Gasteiger partial charge in [0, 0.05) is 38.0 Å². The Morgan fingerprint density at radius 2 is 1.62 bits per heavy atom. The van der Waals surface area contributed by atoms with Crippen LogP contribution in [0.2, 0.25) is 0 Å². The zero-order valence-electron chi connectivity index (χ0n) is 27.8. The molecule has 1 unspecified atom stereocenters. The van der Waals surface area contributed by atoms with Crippen molar-refractivity contribution >= 4 is 11.8 Å². The van der Waals surface area contributed by atoms with E-state index in [4.69, 9.17) is 28.4 Å². The van der Waals surface area contributed by atoms with Crippen LogP contribution in [0.5, 0.6) is 17.2 Å². The van der Waals surface area contributed by atoms with Gasteiger partial charge < -0.3 is 28.4 Å². The van der Waals surface area contributed by atoms with Gasteiger partial charge in [-0.15, -0.1) is 0 Å². The number of ether oxygens (including phenoxy) is 6. The van der Waals surface area contributed by atoms with Crippen molar-refractivity contribution in [2.75, 3.05) is 41.0 Å². The second-order valence-corrected chi connectivity index (χ2v) is 11.8. The molecule has 0 aromatic heterocycles. The van der Waals surface area contributed by atoms with Crippen LogP contribution in [0.3, 0.4) is 0 Å². The SMILES string of the molecule is CCCC(=O)C(CCCCCC/C=C\C[C@@H]1c2ccc(OCOC)cc2OC[C@]1(C)c1ccc(OCOC)cc1)C(=O)OCC. The summed E-state index contributed by atoms with van der Waals surface area (Å²) < 4.78 is 32.9. The van der Waals surface area contributed by atoms with Crippen molar-refractivity contribution in [3.05, 3.63) is 65.7 Å². The number of hydrogen-bond donors (Lipinski definition) is 0. The Kier molecular flexibility index (Phi) is 15.4. The third kappa shape index (κ3) is 10.6. The van der Waals surface area contributed by atoms with Crippen molar-refractivity contribution in [1.29, 1.82) is 0 Å². The van der Waals surface area contributed by atoms with Crippen LogP contribution in [0.25, 0.3) is 0 Å². The summed E-state index contributed by atoms with van der Waals surface area (Å²) in [7, 11) is 3.21. The van der Waals surface area contributed by atoms with Crippen LogP contribution in [-0.2, 0) is 29.2 Å². The predicted octanol–water partition coefficient (Wildman–Crippen LogP) is 7.92. The average molecular weight is 625 g/mol. The van der Waals surface area contributed by atoms with Crippen LogP contribution in [0.4, 0.5) is 0 Å². The lowest BCUT2D eigenvalue weighted by Gasteiger charge is -2.42. The van der Waals surface area contributed by atoms with E-state index in [1.54, 1.807) is 21.1 Å². The first-order valence-electron chi connectivity index (χ1n) is 16.3. The third-order valence-corrected chi connectivity index (χ3v) is 8.47. The zero-order valence-corrected chi connectivity index (χ0v) is 27.8. The Balaban J connectivity index is 1.61. The highest BCUT2D eigenvalue weighted by atomic mass is 16.7. The van der Waals surface area contributed by atoms with Crippen molar-refractivity contribution in [3.63, 3.8) is 0 Å². The number of Topliss-reactive ketones (excluding diaryl/α,β-unsaturated/α-hetero) is 1. The first-order valence-corrected chi connectivity index (χ1v) is 16.3. The largest absolute Gasteiger partial charge is 0.492 e. The van der Waals surface area contributed by atoms with Gasteiger partial charge in [-0.25, -0.2) is 0 Å². The molecular weight excluding hydrogens is 572 g/mol. The lowest BCUT2D eigenvalue weighted by atomic mass is 9.66. The second kappa shape index (κ2) is 19.2. The lowest BCUT2D eigenvalue weighted by molar-refractivity contribution is -0.152. The molecule has 2 aromatic rings. The second-order valence-electron chi connectivity index (χ2n) is 11.8. The number of carbonyl (C=O) groups excluding carboxylic acids is 2. The van der Waals surface area contributed by atoms with E-state index in [1.165, 1.54) is 5.56 Å². The molecule has 0 bridgehead atoms. The van der Waals surface area contributed by atoms with Crippen LogP contribution in [-0.4, -0.2) is 52.8 Å². The molecule has 0 saturated heterocycles. The topological polar surface area (TPSA) is 89.5 Å². The monoisotopic (exact) mass is 624 g/mol. The highest BCUT2D eigenvalue weighted by molar-refractivity contribution is 5.98. The fourth-order valence-corrected chi connectivity index (χ4v) is 5.93. The van der Waals surface area contributed by atoms with E-state index < -0.39 is 5.92 Å². The van der Waals surface area contributed by atoms with Gasteiger partial charge in [0.2, 0.25) is 0 Å². The van der Waals surface area contributed by atoms with E-state index >= 15 is 0 Å². The fraction of sp³-hybridized carbons (Fsp3) is 0.568. The number of unbranched alkanes of at least 4 members (excludes halogenated alkanes) is 4. The Morgan fingerprint density at radius 1 is 0.933 bits per heavy atom. The maximum Gasteiger partial charge on any atom is 0.316 e. The van der Waals surface area contributed by atoms with Crippen molar-refractivity contribution < 1.29 is 38.0 Å². The van der Waals surface area contributed by atoms with Crippen molar-refractivity contribution in [1.82, 2.24) is 0 Å². The van der Waals surface area contributed by atoms with E-state index in [2.05, 4.69) is 37.3 Å². The number of esters is 1. The number of allylic oxidation sites excluding steroid dienone is 2. The number of carbonyl (C=O) groups is 2. The molecule has 0 amide bonds. The van der Waals surface area contributed by atoms with Crippen LogP contribution >= 0.6 is 0 Å². The maximum absolute atomic E-state index is 12.4. The standard InChI is InChI=1S/C37H52O8/c1-6-15-34(38)32(36(39)42-7-2)16-13-11-9-8-10-12-14-17-33-31-23-22-30(45-27-41-5)24-35(31)43-25-37(33,3)28-18-20-29(21-19-28)44-26-40-4/h12,14,18-24,32-33H,6-11,13,15-17,25-27H2,1-5H3/b14-12-/t32?,33-,37-/m1/s1. The minimum Gasteiger partial charge on any atom is -0.492 e. The van der Waals surface area contributed by atoms with Crippen molar-refractivity contribution in [2.45, 2.75) is 89.9 Å². The number of benzene rings is 2. The molecule has 248 valence electrons. The molecule has 3 atom stereocenters. The summed E-state index contributed by atoms with van der Waals surface area (Å²) >= 11 is 0. The molecule has 0 N–H and O–H groups in total. The summed E-state index contributed by atoms with van der Waals surface area (Å²) in [4.78, 5) is 24.7. The van der Waals surface area contributed by atoms with Gasteiger partial charge in [-0.2, -0.15) is 0 Å². The first kappa shape index (κ1) is 36.1. The van der Waals surface area contributed by atoms with Gasteiger partial charge in [0.1, 0.15) is 28.9 Å². The summed E-state index contributed by atoms with van der Waals surface area (Å²) in [6.45, 7) is 7.24. The Bertz CT molecular complexity index is 1190. The molecule has 1 aliphatic rings. The van der Waals surface area contributed by atoms with Crippen LogP contribution in [0.15, 0.2) is 54.6 Å². The zero-order chi connectivity index (χ0) is 32.5. The van der Waals surface area contributed by atoms with E-state index in [-0.39, 0.29) is 36.7 Å². The smallest absolute Gasteiger partial charge is 0.316 e. The number of ketones is 1. The summed E-state index contributed by atoms with van der Waals surface area (Å²) in [5, 5.41) is 0. The Morgan fingerprint density at radius 3 is 2.31 bits per heavy atom. The van der Waals surface area contributed by atoms with Gasteiger partial charge in [0.25, 0.3) is 0 Å². The highest BCUT2D eigenvalue weighted by Gasteiger charge is 2.42. The molecule has 1 aliphatic heterocycles. The molecule has 0 radical (unpaired) electrons. The number of fused-ring (bicyclic) bond motifs is 1. The molecule has 0 spiro atoms. The van der Waals surface area contributed by atoms with Gasteiger partial charge in [-0.05, 0) is 68.4 Å². The molecule has 45 heavy (non-hydrogen) atoms. The summed E-state index contributed by atoms with van der Waals surface area (Å²) in [5.41, 5.74) is 2.10. The van der Waals surface area contributed by atoms with E-state index in [1.807, 2.05) is 31.2 Å².